The van der Waals surface area contributed by atoms with E-state index < -0.39 is 24.4 Å². The summed E-state index contributed by atoms with van der Waals surface area (Å²) in [4.78, 5) is 53.4. The average Bonchev–Trinajstić information content (AvgIpc) is 3.47. The number of ketones is 1. The quantitative estimate of drug-likeness (QED) is 0.414. The van der Waals surface area contributed by atoms with Crippen molar-refractivity contribution in [2.24, 2.45) is 0 Å². The Morgan fingerprint density at radius 3 is 2.52 bits per heavy atom. The van der Waals surface area contributed by atoms with Gasteiger partial charge in [-0.05, 0) is 44.2 Å². The van der Waals surface area contributed by atoms with Gasteiger partial charge in [-0.3, -0.25) is 19.3 Å². The lowest BCUT2D eigenvalue weighted by Gasteiger charge is -2.20. The first-order valence-electron chi connectivity index (χ1n) is 9.79. The molecular formula is C21H23N3O4S. The molecule has 7 nitrogen and oxygen atoms in total. The Labute approximate surface area is 172 Å². The zero-order chi connectivity index (χ0) is 20.7. The summed E-state index contributed by atoms with van der Waals surface area (Å²) < 4.78 is 2.04. The third-order valence-corrected chi connectivity index (χ3v) is 6.70. The van der Waals surface area contributed by atoms with Crippen LogP contribution in [-0.2, 0) is 16.1 Å². The lowest BCUT2D eigenvalue weighted by Crippen LogP contribution is -2.41. The highest BCUT2D eigenvalue weighted by Gasteiger charge is 2.48. The van der Waals surface area contributed by atoms with E-state index in [4.69, 9.17) is 0 Å². The van der Waals surface area contributed by atoms with Crippen LogP contribution in [0.25, 0.3) is 0 Å². The van der Waals surface area contributed by atoms with Crippen molar-refractivity contribution in [1.82, 2.24) is 14.4 Å². The molecule has 4 amide bonds. The van der Waals surface area contributed by atoms with E-state index in [0.29, 0.717) is 12.1 Å². The number of hydrogen-bond donors (Lipinski definition) is 0. The molecule has 2 aliphatic rings. The molecule has 0 unspecified atom stereocenters. The molecule has 0 N–H and O–H groups in total. The highest BCUT2D eigenvalue weighted by Crippen LogP contribution is 2.28. The molecule has 0 bridgehead atoms. The van der Waals surface area contributed by atoms with E-state index in [1.165, 1.54) is 4.88 Å². The summed E-state index contributed by atoms with van der Waals surface area (Å²) in [6, 6.07) is 4.92. The van der Waals surface area contributed by atoms with Gasteiger partial charge in [0.05, 0.1) is 13.1 Å². The average molecular weight is 413 g/mol. The molecule has 1 saturated heterocycles. The van der Waals surface area contributed by atoms with E-state index in [1.807, 2.05) is 35.9 Å². The monoisotopic (exact) mass is 413 g/mol. The molecule has 1 saturated carbocycles. The zero-order valence-electron chi connectivity index (χ0n) is 16.5. The smallest absolute Gasteiger partial charge is 0.334 e. The normalized spacial score (nSPS) is 17.8. The van der Waals surface area contributed by atoms with Crippen LogP contribution in [0.15, 0.2) is 23.6 Å². The molecule has 2 fully saturated rings. The summed E-state index contributed by atoms with van der Waals surface area (Å²) in [7, 11) is 0. The highest BCUT2D eigenvalue weighted by atomic mass is 32.1. The summed E-state index contributed by atoms with van der Waals surface area (Å²) in [5, 5.41) is 2.01. The summed E-state index contributed by atoms with van der Waals surface area (Å²) in [5.74, 6) is -2.04. The number of rotatable bonds is 6. The van der Waals surface area contributed by atoms with Gasteiger partial charge >= 0.3 is 17.8 Å². The summed E-state index contributed by atoms with van der Waals surface area (Å²) >= 11 is 1.65. The van der Waals surface area contributed by atoms with Crippen LogP contribution in [0.4, 0.5) is 4.79 Å². The van der Waals surface area contributed by atoms with Crippen LogP contribution < -0.4 is 0 Å². The fraction of sp³-hybridized carbons (Fsp3) is 0.429. The molecule has 1 aliphatic heterocycles. The Kier molecular flexibility index (Phi) is 5.12. The van der Waals surface area contributed by atoms with E-state index in [-0.39, 0.29) is 11.8 Å². The molecule has 152 valence electrons. The van der Waals surface area contributed by atoms with E-state index >= 15 is 0 Å². The van der Waals surface area contributed by atoms with Crippen LogP contribution in [0.3, 0.4) is 0 Å². The van der Waals surface area contributed by atoms with Gasteiger partial charge in [0.1, 0.15) is 0 Å². The number of hydrogen-bond acceptors (Lipinski definition) is 5. The van der Waals surface area contributed by atoms with Gasteiger partial charge < -0.3 is 4.57 Å². The number of aromatic nitrogens is 1. The van der Waals surface area contributed by atoms with Gasteiger partial charge in [0.25, 0.3) is 0 Å². The second kappa shape index (κ2) is 7.59. The molecule has 0 atom stereocenters. The third kappa shape index (κ3) is 3.42. The van der Waals surface area contributed by atoms with Gasteiger partial charge in [-0.25, -0.2) is 9.69 Å². The SMILES string of the molecule is Cc1cc(C(=O)CN2C(=O)C(=O)N(C3CCCC3)C2=O)c(C)n1Cc1cccs1. The molecule has 8 heteroatoms. The predicted octanol–water partition coefficient (Wildman–Crippen LogP) is 3.13. The van der Waals surface area contributed by atoms with Crippen molar-refractivity contribution < 1.29 is 19.2 Å². The van der Waals surface area contributed by atoms with E-state index in [1.54, 1.807) is 17.4 Å². The number of aryl methyl sites for hydroxylation is 1. The zero-order valence-corrected chi connectivity index (χ0v) is 17.3. The second-order valence-corrected chi connectivity index (χ2v) is 8.69. The number of urea groups is 1. The Hall–Kier alpha value is -2.74. The Balaban J connectivity index is 1.53. The number of amides is 4. The van der Waals surface area contributed by atoms with E-state index in [2.05, 4.69) is 0 Å². The van der Waals surface area contributed by atoms with Crippen molar-refractivity contribution >= 4 is 35.0 Å². The molecule has 3 heterocycles. The minimum absolute atomic E-state index is 0.227. The number of thiophene rings is 1. The molecule has 1 aliphatic carbocycles. The fourth-order valence-corrected chi connectivity index (χ4v) is 4.95. The highest BCUT2D eigenvalue weighted by molar-refractivity contribution is 7.09. The molecule has 2 aromatic rings. The van der Waals surface area contributed by atoms with Crippen LogP contribution in [0.2, 0.25) is 0 Å². The maximum absolute atomic E-state index is 12.9. The number of imide groups is 2. The maximum Gasteiger partial charge on any atom is 0.334 e. The van der Waals surface area contributed by atoms with Crippen molar-refractivity contribution in [2.75, 3.05) is 6.54 Å². The van der Waals surface area contributed by atoms with Gasteiger partial charge in [0.15, 0.2) is 5.78 Å². The van der Waals surface area contributed by atoms with Gasteiger partial charge in [0, 0.05) is 27.9 Å². The fourth-order valence-electron chi connectivity index (χ4n) is 4.26. The number of carbonyl (C=O) groups excluding carboxylic acids is 4. The molecule has 0 spiro atoms. The number of carbonyl (C=O) groups is 4. The number of nitrogens with zero attached hydrogens (tertiary/aromatic N) is 3. The van der Waals surface area contributed by atoms with Crippen LogP contribution in [0, 0.1) is 13.8 Å². The molecule has 2 aromatic heterocycles. The Morgan fingerprint density at radius 2 is 1.86 bits per heavy atom. The van der Waals surface area contributed by atoms with Crippen molar-refractivity contribution in [3.05, 3.63) is 45.4 Å². The lowest BCUT2D eigenvalue weighted by atomic mass is 10.1. The van der Waals surface area contributed by atoms with Gasteiger partial charge in [0.2, 0.25) is 0 Å². The predicted molar refractivity (Wildman–Crippen MR) is 108 cm³/mol. The van der Waals surface area contributed by atoms with Crippen molar-refractivity contribution in [3.63, 3.8) is 0 Å². The third-order valence-electron chi connectivity index (χ3n) is 5.84. The van der Waals surface area contributed by atoms with Crippen molar-refractivity contribution in [1.29, 1.82) is 0 Å². The second-order valence-electron chi connectivity index (χ2n) is 7.66. The summed E-state index contributed by atoms with van der Waals surface area (Å²) in [5.41, 5.74) is 2.20. The molecule has 0 aromatic carbocycles. The largest absolute Gasteiger partial charge is 0.343 e. The maximum atomic E-state index is 12.9. The Morgan fingerprint density at radius 1 is 1.14 bits per heavy atom. The minimum atomic E-state index is -0.900. The van der Waals surface area contributed by atoms with Crippen molar-refractivity contribution in [2.45, 2.75) is 52.1 Å². The molecule has 29 heavy (non-hydrogen) atoms. The molecule has 4 rings (SSSR count). The van der Waals surface area contributed by atoms with Crippen molar-refractivity contribution in [3.8, 4) is 0 Å². The molecule has 0 radical (unpaired) electrons. The minimum Gasteiger partial charge on any atom is -0.343 e. The van der Waals surface area contributed by atoms with Gasteiger partial charge in [-0.15, -0.1) is 11.3 Å². The standard InChI is InChI=1S/C21H23N3O4S/c1-13-10-17(14(2)22(13)11-16-8-5-9-29-16)18(25)12-23-19(26)20(27)24(21(23)28)15-6-3-4-7-15/h5,8-10,15H,3-4,6-7,11-12H2,1-2H3. The summed E-state index contributed by atoms with van der Waals surface area (Å²) in [6.45, 7) is 4.04. The first kappa shape index (κ1) is 19.6. The van der Waals surface area contributed by atoms with Crippen LogP contribution in [0.5, 0.6) is 0 Å². The van der Waals surface area contributed by atoms with E-state index in [9.17, 15) is 19.2 Å². The first-order valence-corrected chi connectivity index (χ1v) is 10.7. The van der Waals surface area contributed by atoms with Crippen LogP contribution in [-0.4, -0.2) is 50.6 Å². The van der Waals surface area contributed by atoms with Gasteiger partial charge in [-0.2, -0.15) is 0 Å². The first-order chi connectivity index (χ1) is 13.9. The molecular weight excluding hydrogens is 390 g/mol. The van der Waals surface area contributed by atoms with Gasteiger partial charge in [-0.1, -0.05) is 18.9 Å². The summed E-state index contributed by atoms with van der Waals surface area (Å²) in [6.07, 6.45) is 3.31. The Bertz CT molecular complexity index is 986. The number of Topliss-reactive ketones (excluding diaryl/α,β-unsaturated/α-hetero) is 1. The van der Waals surface area contributed by atoms with E-state index in [0.717, 1.165) is 46.9 Å². The van der Waals surface area contributed by atoms with Crippen LogP contribution >= 0.6 is 11.3 Å². The lowest BCUT2D eigenvalue weighted by molar-refractivity contribution is -0.143. The topological polar surface area (TPSA) is 79.7 Å². The van der Waals surface area contributed by atoms with Crippen LogP contribution in [0.1, 0.15) is 52.3 Å².